The summed E-state index contributed by atoms with van der Waals surface area (Å²) < 4.78 is 5.18. The normalized spacial score (nSPS) is 13.7. The van der Waals surface area contributed by atoms with Gasteiger partial charge in [0.1, 0.15) is 12.9 Å². The Morgan fingerprint density at radius 1 is 1.36 bits per heavy atom. The fourth-order valence-corrected chi connectivity index (χ4v) is 1.49. The van der Waals surface area contributed by atoms with E-state index in [1.165, 1.54) is 6.33 Å². The predicted octanol–water partition coefficient (Wildman–Crippen LogP) is 1.53. The number of hydrogen-bond donors (Lipinski definition) is 0. The van der Waals surface area contributed by atoms with E-state index in [4.69, 9.17) is 4.74 Å². The third-order valence-electron chi connectivity index (χ3n) is 2.16. The van der Waals surface area contributed by atoms with Crippen molar-refractivity contribution in [2.75, 3.05) is 0 Å². The van der Waals surface area contributed by atoms with Crippen LogP contribution in [0.2, 0.25) is 0 Å². The first-order valence-corrected chi connectivity index (χ1v) is 4.31. The summed E-state index contributed by atoms with van der Waals surface area (Å²) in [6.07, 6.45) is 6.77. The highest BCUT2D eigenvalue weighted by molar-refractivity contribution is 5.76. The highest BCUT2D eigenvalue weighted by Gasteiger charge is 2.08. The molecule has 0 saturated heterocycles. The fraction of sp³-hybridized carbons (Fsp3) is 0.100. The van der Waals surface area contributed by atoms with E-state index in [0.717, 1.165) is 22.3 Å². The average molecular weight is 185 g/mol. The van der Waals surface area contributed by atoms with E-state index >= 15 is 0 Å². The van der Waals surface area contributed by atoms with E-state index in [1.807, 2.05) is 12.1 Å². The van der Waals surface area contributed by atoms with Crippen LogP contribution in [0.3, 0.4) is 0 Å². The van der Waals surface area contributed by atoms with Crippen LogP contribution in [-0.4, -0.2) is 15.0 Å². The molecule has 4 nitrogen and oxygen atoms in total. The summed E-state index contributed by atoms with van der Waals surface area (Å²) in [5, 5.41) is 0.949. The Morgan fingerprint density at radius 2 is 2.36 bits per heavy atom. The van der Waals surface area contributed by atoms with Gasteiger partial charge >= 0.3 is 0 Å². The molecule has 0 bridgehead atoms. The molecule has 0 amide bonds. The third-order valence-corrected chi connectivity index (χ3v) is 2.16. The van der Waals surface area contributed by atoms with Crippen molar-refractivity contribution in [1.82, 2.24) is 15.0 Å². The lowest BCUT2D eigenvalue weighted by molar-refractivity contribution is 0.234. The lowest BCUT2D eigenvalue weighted by atomic mass is 10.1. The second-order valence-corrected chi connectivity index (χ2v) is 3.08. The van der Waals surface area contributed by atoms with Crippen molar-refractivity contribution in [1.29, 1.82) is 0 Å². The first-order chi connectivity index (χ1) is 6.93. The summed E-state index contributed by atoms with van der Waals surface area (Å²) in [4.78, 5) is 12.4. The summed E-state index contributed by atoms with van der Waals surface area (Å²) in [6.45, 7) is 0.573. The van der Waals surface area contributed by atoms with Gasteiger partial charge in [0, 0.05) is 17.1 Å². The molecule has 0 atom stereocenters. The van der Waals surface area contributed by atoms with Gasteiger partial charge in [0.25, 0.3) is 0 Å². The summed E-state index contributed by atoms with van der Waals surface area (Å²) in [6, 6.07) is 2.02. The highest BCUT2D eigenvalue weighted by atomic mass is 16.5. The fourth-order valence-electron chi connectivity index (χ4n) is 1.49. The van der Waals surface area contributed by atoms with Gasteiger partial charge in [-0.15, -0.1) is 0 Å². The number of fused-ring (bicyclic) bond motifs is 2. The molecule has 68 valence electrons. The molecule has 1 aliphatic rings. The molecule has 3 heterocycles. The van der Waals surface area contributed by atoms with E-state index < -0.39 is 0 Å². The van der Waals surface area contributed by atoms with E-state index in [-0.39, 0.29) is 0 Å². The maximum Gasteiger partial charge on any atom is 0.163 e. The zero-order valence-electron chi connectivity index (χ0n) is 7.34. The first kappa shape index (κ1) is 7.44. The second kappa shape index (κ2) is 2.77. The summed E-state index contributed by atoms with van der Waals surface area (Å²) >= 11 is 0. The van der Waals surface area contributed by atoms with Crippen LogP contribution in [0.15, 0.2) is 24.9 Å². The number of nitrogens with zero attached hydrogens (tertiary/aromatic N) is 3. The highest BCUT2D eigenvalue weighted by Crippen LogP contribution is 2.19. The number of hydrogen-bond acceptors (Lipinski definition) is 4. The minimum Gasteiger partial charge on any atom is -0.496 e. The Balaban J connectivity index is 2.34. The van der Waals surface area contributed by atoms with E-state index in [2.05, 4.69) is 15.0 Å². The van der Waals surface area contributed by atoms with Crippen molar-refractivity contribution < 1.29 is 4.74 Å². The third kappa shape index (κ3) is 1.04. The molecule has 2 aromatic heterocycles. The molecule has 0 spiro atoms. The molecule has 0 N–H and O–H groups in total. The van der Waals surface area contributed by atoms with Crippen LogP contribution in [0.1, 0.15) is 11.3 Å². The van der Waals surface area contributed by atoms with Gasteiger partial charge in [0.2, 0.25) is 0 Å². The quantitative estimate of drug-likeness (QED) is 0.624. The van der Waals surface area contributed by atoms with Crippen LogP contribution in [0.25, 0.3) is 17.1 Å². The molecule has 0 unspecified atom stereocenters. The first-order valence-electron chi connectivity index (χ1n) is 4.31. The van der Waals surface area contributed by atoms with Crippen molar-refractivity contribution in [3.8, 4) is 0 Å². The Kier molecular flexibility index (Phi) is 1.47. The number of ether oxygens (including phenoxy) is 1. The van der Waals surface area contributed by atoms with Crippen LogP contribution >= 0.6 is 0 Å². The van der Waals surface area contributed by atoms with Crippen LogP contribution in [0.4, 0.5) is 0 Å². The van der Waals surface area contributed by atoms with Gasteiger partial charge in [0.15, 0.2) is 5.65 Å². The molecule has 1 aliphatic heterocycles. The van der Waals surface area contributed by atoms with Gasteiger partial charge in [0.05, 0.1) is 12.0 Å². The van der Waals surface area contributed by atoms with Crippen molar-refractivity contribution in [2.24, 2.45) is 0 Å². The van der Waals surface area contributed by atoms with Crippen LogP contribution < -0.4 is 0 Å². The lowest BCUT2D eigenvalue weighted by Gasteiger charge is -2.10. The molecular weight excluding hydrogens is 178 g/mol. The van der Waals surface area contributed by atoms with Crippen LogP contribution in [0.5, 0.6) is 0 Å². The molecule has 0 aliphatic carbocycles. The smallest absolute Gasteiger partial charge is 0.163 e. The van der Waals surface area contributed by atoms with Crippen molar-refractivity contribution in [3.63, 3.8) is 0 Å². The average Bonchev–Trinajstić information content (AvgIpc) is 2.26. The predicted molar refractivity (Wildman–Crippen MR) is 51.2 cm³/mol. The van der Waals surface area contributed by atoms with Crippen molar-refractivity contribution in [3.05, 3.63) is 36.1 Å². The molecule has 0 aromatic carbocycles. The van der Waals surface area contributed by atoms with Crippen LogP contribution in [-0.2, 0) is 11.3 Å². The topological polar surface area (TPSA) is 47.9 Å². The minimum atomic E-state index is 0.573. The maximum atomic E-state index is 5.18. The van der Waals surface area contributed by atoms with Gasteiger partial charge in [-0.05, 0) is 12.1 Å². The Bertz CT molecular complexity index is 522. The Morgan fingerprint density at radius 3 is 3.36 bits per heavy atom. The maximum absolute atomic E-state index is 5.18. The zero-order chi connectivity index (χ0) is 9.38. The van der Waals surface area contributed by atoms with Gasteiger partial charge in [-0.3, -0.25) is 0 Å². The molecule has 0 fully saturated rings. The SMILES string of the molecule is C1=Cc2nc3ncncc3cc2CO1. The molecule has 0 saturated carbocycles. The zero-order valence-corrected chi connectivity index (χ0v) is 7.34. The van der Waals surface area contributed by atoms with Gasteiger partial charge < -0.3 is 4.74 Å². The largest absolute Gasteiger partial charge is 0.496 e. The summed E-state index contributed by atoms with van der Waals surface area (Å²) in [5.74, 6) is 0. The number of pyridine rings is 1. The monoisotopic (exact) mass is 185 g/mol. The van der Waals surface area contributed by atoms with Gasteiger partial charge in [-0.1, -0.05) is 0 Å². The van der Waals surface area contributed by atoms with Crippen molar-refractivity contribution >= 4 is 17.1 Å². The molecular formula is C10H7N3O. The summed E-state index contributed by atoms with van der Waals surface area (Å²) in [7, 11) is 0. The van der Waals surface area contributed by atoms with Gasteiger partial charge in [-0.25, -0.2) is 15.0 Å². The molecule has 14 heavy (non-hydrogen) atoms. The van der Waals surface area contributed by atoms with Crippen LogP contribution in [0, 0.1) is 0 Å². The molecule has 0 radical (unpaired) electrons. The molecule has 3 rings (SSSR count). The number of rotatable bonds is 0. The second-order valence-electron chi connectivity index (χ2n) is 3.08. The molecule has 4 heteroatoms. The standard InChI is InChI=1S/C10H7N3O/c1-2-14-5-8-3-7-4-11-6-12-10(7)13-9(1)8/h1-4,6H,5H2. The number of aromatic nitrogens is 3. The Labute approximate surface area is 80.3 Å². The van der Waals surface area contributed by atoms with E-state index in [1.54, 1.807) is 12.5 Å². The van der Waals surface area contributed by atoms with Crippen molar-refractivity contribution in [2.45, 2.75) is 6.61 Å². The van der Waals surface area contributed by atoms with E-state index in [0.29, 0.717) is 6.61 Å². The van der Waals surface area contributed by atoms with Gasteiger partial charge in [-0.2, -0.15) is 0 Å². The summed E-state index contributed by atoms with van der Waals surface area (Å²) in [5.41, 5.74) is 2.74. The Hall–Kier alpha value is -1.97. The lowest BCUT2D eigenvalue weighted by Crippen LogP contribution is -2.00. The molecule has 2 aromatic rings. The minimum absolute atomic E-state index is 0.573. The van der Waals surface area contributed by atoms with E-state index in [9.17, 15) is 0 Å².